The van der Waals surface area contributed by atoms with Crippen molar-refractivity contribution in [3.05, 3.63) is 48.3 Å². The lowest BCUT2D eigenvalue weighted by molar-refractivity contribution is -0.135. The SMILES string of the molecule is COc1ccc([C@H]2CCCN2C(=O)[C@H](CCSC)n2cccc2)c(OC)c1. The molecule has 1 aromatic carbocycles. The van der Waals surface area contributed by atoms with Crippen molar-refractivity contribution in [1.29, 1.82) is 0 Å². The van der Waals surface area contributed by atoms with Crippen LogP contribution in [0.5, 0.6) is 11.5 Å². The van der Waals surface area contributed by atoms with Crippen molar-refractivity contribution < 1.29 is 14.3 Å². The van der Waals surface area contributed by atoms with Crippen LogP contribution >= 0.6 is 11.8 Å². The van der Waals surface area contributed by atoms with E-state index in [0.717, 1.165) is 48.6 Å². The number of aromatic nitrogens is 1. The van der Waals surface area contributed by atoms with Gasteiger partial charge in [-0.25, -0.2) is 0 Å². The fourth-order valence-electron chi connectivity index (χ4n) is 3.82. The monoisotopic (exact) mass is 388 g/mol. The van der Waals surface area contributed by atoms with Crippen LogP contribution in [0.15, 0.2) is 42.7 Å². The Hall–Kier alpha value is -2.08. The third kappa shape index (κ3) is 4.26. The summed E-state index contributed by atoms with van der Waals surface area (Å²) in [5.74, 6) is 2.69. The zero-order chi connectivity index (χ0) is 19.2. The van der Waals surface area contributed by atoms with E-state index in [2.05, 4.69) is 6.26 Å². The number of carbonyl (C=O) groups excluding carboxylic acids is 1. The summed E-state index contributed by atoms with van der Waals surface area (Å²) in [6, 6.07) is 9.72. The zero-order valence-corrected chi connectivity index (χ0v) is 17.1. The van der Waals surface area contributed by atoms with Gasteiger partial charge in [0.05, 0.1) is 20.3 Å². The average molecular weight is 389 g/mol. The minimum absolute atomic E-state index is 0.0469. The van der Waals surface area contributed by atoms with Gasteiger partial charge >= 0.3 is 0 Å². The topological polar surface area (TPSA) is 43.7 Å². The van der Waals surface area contributed by atoms with Gasteiger partial charge in [-0.05, 0) is 55.5 Å². The van der Waals surface area contributed by atoms with Crippen LogP contribution in [0.2, 0.25) is 0 Å². The number of carbonyl (C=O) groups is 1. The van der Waals surface area contributed by atoms with Crippen LogP contribution < -0.4 is 9.47 Å². The van der Waals surface area contributed by atoms with Crippen LogP contribution in [0, 0.1) is 0 Å². The highest BCUT2D eigenvalue weighted by Crippen LogP contribution is 2.40. The summed E-state index contributed by atoms with van der Waals surface area (Å²) in [5.41, 5.74) is 1.06. The van der Waals surface area contributed by atoms with Crippen molar-refractivity contribution in [3.63, 3.8) is 0 Å². The van der Waals surface area contributed by atoms with E-state index in [0.29, 0.717) is 0 Å². The second-order valence-electron chi connectivity index (χ2n) is 6.73. The number of amides is 1. The van der Waals surface area contributed by atoms with E-state index in [1.54, 1.807) is 26.0 Å². The molecule has 146 valence electrons. The number of benzene rings is 1. The molecule has 1 saturated heterocycles. The zero-order valence-electron chi connectivity index (χ0n) is 16.3. The molecule has 1 fully saturated rings. The van der Waals surface area contributed by atoms with Gasteiger partial charge in [0, 0.05) is 30.6 Å². The number of hydrogen-bond acceptors (Lipinski definition) is 4. The molecule has 0 radical (unpaired) electrons. The molecule has 6 heteroatoms. The Morgan fingerprint density at radius 3 is 2.70 bits per heavy atom. The molecule has 0 unspecified atom stereocenters. The molecule has 1 aliphatic heterocycles. The largest absolute Gasteiger partial charge is 0.497 e. The molecule has 2 atom stereocenters. The molecule has 3 rings (SSSR count). The number of ether oxygens (including phenoxy) is 2. The van der Waals surface area contributed by atoms with Gasteiger partial charge < -0.3 is 18.9 Å². The molecule has 5 nitrogen and oxygen atoms in total. The summed E-state index contributed by atoms with van der Waals surface area (Å²) in [4.78, 5) is 15.5. The van der Waals surface area contributed by atoms with Crippen molar-refractivity contribution in [3.8, 4) is 11.5 Å². The van der Waals surface area contributed by atoms with Gasteiger partial charge in [-0.1, -0.05) is 0 Å². The summed E-state index contributed by atoms with van der Waals surface area (Å²) in [6.45, 7) is 0.787. The first-order valence-electron chi connectivity index (χ1n) is 9.33. The Balaban J connectivity index is 1.87. The molecule has 0 aliphatic carbocycles. The maximum Gasteiger partial charge on any atom is 0.246 e. The van der Waals surface area contributed by atoms with Gasteiger partial charge in [-0.3, -0.25) is 4.79 Å². The lowest BCUT2D eigenvalue weighted by atomic mass is 10.0. The van der Waals surface area contributed by atoms with E-state index in [1.165, 1.54) is 0 Å². The molecule has 1 amide bonds. The highest BCUT2D eigenvalue weighted by Gasteiger charge is 2.35. The molecule has 1 aliphatic rings. The van der Waals surface area contributed by atoms with Gasteiger partial charge in [0.15, 0.2) is 0 Å². The lowest BCUT2D eigenvalue weighted by Gasteiger charge is -2.30. The Morgan fingerprint density at radius 2 is 2.04 bits per heavy atom. The maximum atomic E-state index is 13.5. The molecule has 2 heterocycles. The quantitative estimate of drug-likeness (QED) is 0.681. The average Bonchev–Trinajstić information content (AvgIpc) is 3.39. The summed E-state index contributed by atoms with van der Waals surface area (Å²) in [5, 5.41) is 0. The first-order chi connectivity index (χ1) is 13.2. The van der Waals surface area contributed by atoms with Crippen molar-refractivity contribution in [2.24, 2.45) is 0 Å². The fraction of sp³-hybridized carbons (Fsp3) is 0.476. The molecule has 2 aromatic rings. The second kappa shape index (κ2) is 9.22. The van der Waals surface area contributed by atoms with Crippen LogP contribution in [0.1, 0.15) is 36.9 Å². The summed E-state index contributed by atoms with van der Waals surface area (Å²) < 4.78 is 13.0. The van der Waals surface area contributed by atoms with E-state index >= 15 is 0 Å². The first kappa shape index (κ1) is 19.7. The molecular weight excluding hydrogens is 360 g/mol. The van der Waals surface area contributed by atoms with E-state index in [-0.39, 0.29) is 18.0 Å². The van der Waals surface area contributed by atoms with Crippen LogP contribution in [0.25, 0.3) is 0 Å². The Kier molecular flexibility index (Phi) is 6.72. The molecule has 27 heavy (non-hydrogen) atoms. The number of thioether (sulfide) groups is 1. The van der Waals surface area contributed by atoms with Crippen LogP contribution in [0.4, 0.5) is 0 Å². The lowest BCUT2D eigenvalue weighted by Crippen LogP contribution is -2.37. The predicted octanol–water partition coefficient (Wildman–Crippen LogP) is 4.16. The Morgan fingerprint density at radius 1 is 1.26 bits per heavy atom. The van der Waals surface area contributed by atoms with Crippen LogP contribution in [-0.2, 0) is 4.79 Å². The molecule has 0 saturated carbocycles. The van der Waals surface area contributed by atoms with Gasteiger partial charge in [0.1, 0.15) is 17.5 Å². The van der Waals surface area contributed by atoms with E-state index in [9.17, 15) is 4.79 Å². The second-order valence-corrected chi connectivity index (χ2v) is 7.71. The van der Waals surface area contributed by atoms with E-state index in [1.807, 2.05) is 52.2 Å². The van der Waals surface area contributed by atoms with Crippen molar-refractivity contribution in [2.45, 2.75) is 31.3 Å². The molecule has 1 aromatic heterocycles. The normalized spacial score (nSPS) is 17.7. The maximum absolute atomic E-state index is 13.5. The van der Waals surface area contributed by atoms with Crippen molar-refractivity contribution >= 4 is 17.7 Å². The van der Waals surface area contributed by atoms with E-state index in [4.69, 9.17) is 9.47 Å². The summed E-state index contributed by atoms with van der Waals surface area (Å²) in [6.07, 6.45) is 8.85. The number of hydrogen-bond donors (Lipinski definition) is 0. The smallest absolute Gasteiger partial charge is 0.246 e. The Bertz CT molecular complexity index is 748. The fourth-order valence-corrected chi connectivity index (χ4v) is 4.28. The van der Waals surface area contributed by atoms with Gasteiger partial charge in [-0.15, -0.1) is 0 Å². The summed E-state index contributed by atoms with van der Waals surface area (Å²) in [7, 11) is 3.31. The highest BCUT2D eigenvalue weighted by atomic mass is 32.2. The van der Waals surface area contributed by atoms with Gasteiger partial charge in [-0.2, -0.15) is 11.8 Å². The van der Waals surface area contributed by atoms with E-state index < -0.39 is 0 Å². The van der Waals surface area contributed by atoms with Crippen LogP contribution in [0.3, 0.4) is 0 Å². The van der Waals surface area contributed by atoms with Gasteiger partial charge in [0.2, 0.25) is 5.91 Å². The minimum Gasteiger partial charge on any atom is -0.497 e. The number of nitrogens with zero attached hydrogens (tertiary/aromatic N) is 2. The number of rotatable bonds is 8. The minimum atomic E-state index is -0.155. The third-order valence-corrected chi connectivity index (χ3v) is 5.85. The number of likely N-dealkylation sites (tertiary alicyclic amines) is 1. The molecule has 0 N–H and O–H groups in total. The first-order valence-corrected chi connectivity index (χ1v) is 10.7. The summed E-state index contributed by atoms with van der Waals surface area (Å²) >= 11 is 1.78. The molecular formula is C21H28N2O3S. The molecule has 0 spiro atoms. The third-order valence-electron chi connectivity index (χ3n) is 5.20. The Labute approximate surface area is 165 Å². The standard InChI is InChI=1S/C21H28N2O3S/c1-25-16-8-9-17(20(15-16)26-2)18-7-6-13-23(18)21(24)19(10-14-27-3)22-11-4-5-12-22/h4-5,8-9,11-12,15,18-19H,6-7,10,13-14H2,1-3H3/t18-,19+/m1/s1. The van der Waals surface area contributed by atoms with Crippen molar-refractivity contribution in [1.82, 2.24) is 9.47 Å². The van der Waals surface area contributed by atoms with Gasteiger partial charge in [0.25, 0.3) is 0 Å². The molecule has 0 bridgehead atoms. The highest BCUT2D eigenvalue weighted by molar-refractivity contribution is 7.98. The van der Waals surface area contributed by atoms with Crippen molar-refractivity contribution in [2.75, 3.05) is 32.8 Å². The van der Waals surface area contributed by atoms with Crippen LogP contribution in [-0.4, -0.2) is 48.1 Å². The predicted molar refractivity (Wildman–Crippen MR) is 110 cm³/mol. The number of methoxy groups -OCH3 is 2.